The van der Waals surface area contributed by atoms with E-state index >= 15 is 0 Å². The number of pyridine rings is 1. The predicted molar refractivity (Wildman–Crippen MR) is 119 cm³/mol. The summed E-state index contributed by atoms with van der Waals surface area (Å²) >= 11 is 0. The number of aliphatic carboxylic acids is 1. The van der Waals surface area contributed by atoms with E-state index in [9.17, 15) is 14.7 Å². The minimum atomic E-state index is -1.12. The fourth-order valence-electron chi connectivity index (χ4n) is 4.30. The molecular formula is C25H21N3O4. The van der Waals surface area contributed by atoms with Crippen molar-refractivity contribution in [3.63, 3.8) is 0 Å². The van der Waals surface area contributed by atoms with Crippen molar-refractivity contribution in [2.75, 3.05) is 6.61 Å². The predicted octanol–water partition coefficient (Wildman–Crippen LogP) is 3.87. The lowest BCUT2D eigenvalue weighted by Gasteiger charge is -2.17. The number of aromatic nitrogens is 2. The summed E-state index contributed by atoms with van der Waals surface area (Å²) in [6.07, 6.45) is 4.67. The van der Waals surface area contributed by atoms with E-state index in [0.717, 1.165) is 27.8 Å². The van der Waals surface area contributed by atoms with Crippen molar-refractivity contribution in [1.82, 2.24) is 14.7 Å². The number of fused-ring (bicyclic) bond motifs is 4. The molecule has 1 amide bonds. The molecule has 2 heterocycles. The second kappa shape index (κ2) is 8.19. The Balaban J connectivity index is 1.27. The van der Waals surface area contributed by atoms with Crippen LogP contribution in [0.5, 0.6) is 0 Å². The zero-order valence-corrected chi connectivity index (χ0v) is 17.1. The fraction of sp³-hybridized carbons (Fsp3) is 0.160. The molecule has 0 fully saturated rings. The second-order valence-electron chi connectivity index (χ2n) is 7.79. The Kier molecular flexibility index (Phi) is 5.07. The van der Waals surface area contributed by atoms with Gasteiger partial charge in [-0.3, -0.25) is 0 Å². The quantitative estimate of drug-likeness (QED) is 0.487. The molecule has 0 saturated carbocycles. The van der Waals surface area contributed by atoms with Gasteiger partial charge in [0, 0.05) is 30.9 Å². The Labute approximate surface area is 184 Å². The number of carboxylic acid groups (broad SMARTS) is 1. The van der Waals surface area contributed by atoms with E-state index in [2.05, 4.69) is 22.4 Å². The van der Waals surface area contributed by atoms with Crippen LogP contribution in [0, 0.1) is 0 Å². The average Bonchev–Trinajstić information content (AvgIpc) is 3.39. The van der Waals surface area contributed by atoms with Crippen molar-refractivity contribution < 1.29 is 19.4 Å². The third-order valence-electron chi connectivity index (χ3n) is 5.84. The zero-order valence-electron chi connectivity index (χ0n) is 17.1. The number of nitrogens with zero attached hydrogens (tertiary/aromatic N) is 2. The lowest BCUT2D eigenvalue weighted by Crippen LogP contribution is -2.42. The third-order valence-corrected chi connectivity index (χ3v) is 5.84. The van der Waals surface area contributed by atoms with Crippen molar-refractivity contribution in [3.8, 4) is 11.1 Å². The number of rotatable bonds is 6. The van der Waals surface area contributed by atoms with Crippen LogP contribution in [0.15, 0.2) is 79.3 Å². The van der Waals surface area contributed by atoms with E-state index < -0.39 is 18.1 Å². The number of benzene rings is 2. The molecule has 2 N–H and O–H groups in total. The number of carbonyl (C=O) groups is 2. The van der Waals surface area contributed by atoms with Gasteiger partial charge in [-0.1, -0.05) is 48.5 Å². The van der Waals surface area contributed by atoms with Crippen LogP contribution in [-0.4, -0.2) is 39.2 Å². The van der Waals surface area contributed by atoms with Crippen molar-refractivity contribution in [2.45, 2.75) is 18.4 Å². The number of carbonyl (C=O) groups excluding carboxylic acids is 1. The summed E-state index contributed by atoms with van der Waals surface area (Å²) in [4.78, 5) is 28.4. The van der Waals surface area contributed by atoms with E-state index in [-0.39, 0.29) is 18.9 Å². The van der Waals surface area contributed by atoms with E-state index in [4.69, 9.17) is 4.74 Å². The van der Waals surface area contributed by atoms with Gasteiger partial charge < -0.3 is 19.6 Å². The van der Waals surface area contributed by atoms with Crippen LogP contribution >= 0.6 is 0 Å². The smallest absolute Gasteiger partial charge is 0.407 e. The van der Waals surface area contributed by atoms with Crippen LogP contribution in [-0.2, 0) is 16.0 Å². The number of hydrogen-bond donors (Lipinski definition) is 2. The van der Waals surface area contributed by atoms with Crippen LogP contribution in [0.3, 0.4) is 0 Å². The van der Waals surface area contributed by atoms with E-state index in [1.165, 1.54) is 0 Å². The highest BCUT2D eigenvalue weighted by Crippen LogP contribution is 2.44. The largest absolute Gasteiger partial charge is 0.480 e. The summed E-state index contributed by atoms with van der Waals surface area (Å²) in [5.41, 5.74) is 5.95. The normalized spacial score (nSPS) is 13.4. The van der Waals surface area contributed by atoms with Gasteiger partial charge in [-0.25, -0.2) is 14.6 Å². The molecule has 0 radical (unpaired) electrons. The molecule has 32 heavy (non-hydrogen) atoms. The third kappa shape index (κ3) is 3.69. The first-order chi connectivity index (χ1) is 15.6. The Morgan fingerprint density at radius 3 is 2.41 bits per heavy atom. The first kappa shape index (κ1) is 19.8. The molecule has 2 aromatic heterocycles. The van der Waals surface area contributed by atoms with Gasteiger partial charge in [0.25, 0.3) is 0 Å². The molecule has 1 aliphatic carbocycles. The number of imidazole rings is 1. The molecule has 7 heteroatoms. The number of alkyl carbamates (subject to hydrolysis) is 1. The maximum atomic E-state index is 12.5. The SMILES string of the molecule is O=C(N[C@@H](Cc1ccn2ccnc2c1)C(=O)O)OCC1c2ccccc2-c2ccccc21. The molecule has 160 valence electrons. The van der Waals surface area contributed by atoms with Gasteiger partial charge in [-0.05, 0) is 39.9 Å². The van der Waals surface area contributed by atoms with Gasteiger partial charge in [0.05, 0.1) is 0 Å². The first-order valence-corrected chi connectivity index (χ1v) is 10.4. The molecule has 5 rings (SSSR count). The van der Waals surface area contributed by atoms with E-state index in [0.29, 0.717) is 5.65 Å². The second-order valence-corrected chi connectivity index (χ2v) is 7.79. The van der Waals surface area contributed by atoms with Crippen LogP contribution in [0.1, 0.15) is 22.6 Å². The molecule has 0 unspecified atom stereocenters. The van der Waals surface area contributed by atoms with Crippen LogP contribution in [0.25, 0.3) is 16.8 Å². The molecule has 7 nitrogen and oxygen atoms in total. The highest BCUT2D eigenvalue weighted by atomic mass is 16.5. The van der Waals surface area contributed by atoms with Gasteiger partial charge in [0.1, 0.15) is 18.3 Å². The van der Waals surface area contributed by atoms with Gasteiger partial charge in [-0.2, -0.15) is 0 Å². The van der Waals surface area contributed by atoms with Crippen LogP contribution in [0.2, 0.25) is 0 Å². The van der Waals surface area contributed by atoms with Crippen molar-refractivity contribution >= 4 is 17.7 Å². The standard InChI is InChI=1S/C25H21N3O4/c29-24(30)22(13-16-9-11-28-12-10-26-23(28)14-16)27-25(31)32-15-21-19-7-3-1-5-17(19)18-6-2-4-8-20(18)21/h1-12,14,21-22H,13,15H2,(H,27,31)(H,29,30)/t22-/m0/s1. The molecule has 0 aliphatic heterocycles. The minimum Gasteiger partial charge on any atom is -0.480 e. The average molecular weight is 427 g/mol. The molecule has 4 aromatic rings. The molecule has 0 spiro atoms. The number of nitrogens with one attached hydrogen (secondary N) is 1. The summed E-state index contributed by atoms with van der Waals surface area (Å²) in [7, 11) is 0. The van der Waals surface area contributed by atoms with E-state index in [1.54, 1.807) is 12.3 Å². The van der Waals surface area contributed by atoms with Gasteiger partial charge in [-0.15, -0.1) is 0 Å². The van der Waals surface area contributed by atoms with E-state index in [1.807, 2.05) is 59.3 Å². The lowest BCUT2D eigenvalue weighted by atomic mass is 9.98. The monoisotopic (exact) mass is 427 g/mol. The number of carboxylic acids is 1. The molecule has 0 bridgehead atoms. The van der Waals surface area contributed by atoms with Crippen LogP contribution in [0.4, 0.5) is 4.79 Å². The van der Waals surface area contributed by atoms with Gasteiger partial charge in [0.15, 0.2) is 0 Å². The molecular weight excluding hydrogens is 406 g/mol. The van der Waals surface area contributed by atoms with Crippen molar-refractivity contribution in [2.24, 2.45) is 0 Å². The Morgan fingerprint density at radius 2 is 1.72 bits per heavy atom. The Bertz CT molecular complexity index is 1270. The molecule has 2 aromatic carbocycles. The van der Waals surface area contributed by atoms with Crippen molar-refractivity contribution in [1.29, 1.82) is 0 Å². The number of hydrogen-bond acceptors (Lipinski definition) is 4. The highest BCUT2D eigenvalue weighted by molar-refractivity contribution is 5.81. The van der Waals surface area contributed by atoms with Crippen LogP contribution < -0.4 is 5.32 Å². The summed E-state index contributed by atoms with van der Waals surface area (Å²) in [5, 5.41) is 12.1. The zero-order chi connectivity index (χ0) is 22.1. The highest BCUT2D eigenvalue weighted by Gasteiger charge is 2.29. The maximum absolute atomic E-state index is 12.5. The van der Waals surface area contributed by atoms with Crippen molar-refractivity contribution in [3.05, 3.63) is 95.9 Å². The summed E-state index contributed by atoms with van der Waals surface area (Å²) in [6, 6.07) is 18.6. The summed E-state index contributed by atoms with van der Waals surface area (Å²) in [5.74, 6) is -1.21. The number of amides is 1. The maximum Gasteiger partial charge on any atom is 0.407 e. The summed E-state index contributed by atoms with van der Waals surface area (Å²) < 4.78 is 7.32. The first-order valence-electron chi connectivity index (χ1n) is 10.4. The van der Waals surface area contributed by atoms with Gasteiger partial charge in [0.2, 0.25) is 0 Å². The Hall–Kier alpha value is -4.13. The van der Waals surface area contributed by atoms with Gasteiger partial charge >= 0.3 is 12.1 Å². The topological polar surface area (TPSA) is 92.9 Å². The summed E-state index contributed by atoms with van der Waals surface area (Å²) in [6.45, 7) is 0.131. The number of ether oxygens (including phenoxy) is 1. The molecule has 1 aliphatic rings. The molecule has 1 atom stereocenters. The Morgan fingerprint density at radius 1 is 1.03 bits per heavy atom. The minimum absolute atomic E-state index is 0.0840. The fourth-order valence-corrected chi connectivity index (χ4v) is 4.30. The molecule has 0 saturated heterocycles. The lowest BCUT2D eigenvalue weighted by molar-refractivity contribution is -0.139.